The molecule has 0 aromatic heterocycles. The number of hydrogen-bond donors (Lipinski definition) is 2. The van der Waals surface area contributed by atoms with Gasteiger partial charge in [-0.05, 0) is 19.3 Å². The van der Waals surface area contributed by atoms with Gasteiger partial charge in [0, 0.05) is 6.42 Å². The van der Waals surface area contributed by atoms with Crippen LogP contribution < -0.4 is 11.5 Å². The highest BCUT2D eigenvalue weighted by atomic mass is 14.7. The first kappa shape index (κ1) is 8.60. The fourth-order valence-corrected chi connectivity index (χ4v) is 1.52. The Kier molecular flexibility index (Phi) is 3.43. The van der Waals surface area contributed by atoms with Crippen LogP contribution in [0.15, 0.2) is 11.4 Å². The van der Waals surface area contributed by atoms with Crippen LogP contribution in [-0.2, 0) is 0 Å². The molecule has 2 heteroatoms. The predicted octanol–water partition coefficient (Wildman–Crippen LogP) is 1.14. The molecule has 2 nitrogen and oxygen atoms in total. The normalized spacial score (nSPS) is 22.3. The zero-order valence-corrected chi connectivity index (χ0v) is 7.23. The molecule has 0 aromatic rings. The molecule has 0 saturated carbocycles. The summed E-state index contributed by atoms with van der Waals surface area (Å²) >= 11 is 0. The Morgan fingerprint density at radius 1 is 0.909 bits per heavy atom. The Morgan fingerprint density at radius 2 is 1.45 bits per heavy atom. The van der Waals surface area contributed by atoms with Gasteiger partial charge in [0.2, 0.25) is 0 Å². The van der Waals surface area contributed by atoms with E-state index in [2.05, 4.69) is 5.73 Å². The first-order chi connectivity index (χ1) is 5.30. The van der Waals surface area contributed by atoms with Crippen LogP contribution in [0.5, 0.6) is 0 Å². The number of allylic oxidation sites excluding steroid dienone is 2. The van der Waals surface area contributed by atoms with Gasteiger partial charge in [0.1, 0.15) is 5.70 Å². The molecule has 0 aromatic carbocycles. The van der Waals surface area contributed by atoms with Gasteiger partial charge in [0.15, 0.2) is 0 Å². The number of hydrogen-bond acceptors (Lipinski definition) is 1. The van der Waals surface area contributed by atoms with Crippen LogP contribution in [0.2, 0.25) is 0 Å². The summed E-state index contributed by atoms with van der Waals surface area (Å²) in [5.74, 6) is 0. The molecule has 1 rings (SSSR count). The van der Waals surface area contributed by atoms with Crippen LogP contribution in [0.1, 0.15) is 44.9 Å². The smallest absolute Gasteiger partial charge is 0.123 e. The molecule has 1 aliphatic rings. The second-order valence-corrected chi connectivity index (χ2v) is 3.40. The first-order valence-electron chi connectivity index (χ1n) is 4.60. The quantitative estimate of drug-likeness (QED) is 0.541. The highest BCUT2D eigenvalue weighted by molar-refractivity contribution is 5.01. The van der Waals surface area contributed by atoms with Crippen molar-refractivity contribution in [3.8, 4) is 0 Å². The van der Waals surface area contributed by atoms with Crippen molar-refractivity contribution in [2.75, 3.05) is 0 Å². The molecule has 0 saturated heterocycles. The van der Waals surface area contributed by atoms with Gasteiger partial charge >= 0.3 is 0 Å². The van der Waals surface area contributed by atoms with Crippen LogP contribution >= 0.6 is 0 Å². The third-order valence-corrected chi connectivity index (χ3v) is 2.38. The van der Waals surface area contributed by atoms with Crippen LogP contribution in [0.25, 0.3) is 0 Å². The fraction of sp³-hybridized carbons (Fsp3) is 0.778. The molecular formula is C9H19N2+. The minimum absolute atomic E-state index is 1.05. The van der Waals surface area contributed by atoms with E-state index in [9.17, 15) is 0 Å². The minimum Gasteiger partial charge on any atom is -0.398 e. The zero-order chi connectivity index (χ0) is 8.10. The van der Waals surface area contributed by atoms with Crippen LogP contribution in [0.3, 0.4) is 0 Å². The highest BCUT2D eigenvalue weighted by Gasteiger charge is 2.05. The average molecular weight is 155 g/mol. The monoisotopic (exact) mass is 155 g/mol. The lowest BCUT2D eigenvalue weighted by Crippen LogP contribution is -2.49. The molecule has 0 spiro atoms. The number of nitrogens with two attached hydrogens (primary N) is 1. The van der Waals surface area contributed by atoms with Gasteiger partial charge in [-0.3, -0.25) is 0 Å². The van der Waals surface area contributed by atoms with E-state index in [1.165, 1.54) is 37.8 Å². The van der Waals surface area contributed by atoms with Crippen LogP contribution in [0.4, 0.5) is 0 Å². The third kappa shape index (κ3) is 2.93. The SMILES string of the molecule is NC1=C([NH3+])CCCCCCC1. The lowest BCUT2D eigenvalue weighted by Gasteiger charge is -1.99. The van der Waals surface area contributed by atoms with Crippen molar-refractivity contribution in [2.24, 2.45) is 5.73 Å². The molecular weight excluding hydrogens is 136 g/mol. The molecule has 0 aliphatic heterocycles. The van der Waals surface area contributed by atoms with Crippen molar-refractivity contribution in [3.63, 3.8) is 0 Å². The van der Waals surface area contributed by atoms with Gasteiger partial charge in [-0.25, -0.2) is 0 Å². The summed E-state index contributed by atoms with van der Waals surface area (Å²) in [6.07, 6.45) is 8.79. The van der Waals surface area contributed by atoms with E-state index in [1.807, 2.05) is 0 Å². The van der Waals surface area contributed by atoms with E-state index in [0.717, 1.165) is 18.5 Å². The van der Waals surface area contributed by atoms with Crippen molar-refractivity contribution in [3.05, 3.63) is 11.4 Å². The Balaban J connectivity index is 2.47. The van der Waals surface area contributed by atoms with Gasteiger partial charge in [-0.1, -0.05) is 19.3 Å². The van der Waals surface area contributed by atoms with Gasteiger partial charge in [-0.2, -0.15) is 0 Å². The second-order valence-electron chi connectivity index (χ2n) is 3.40. The van der Waals surface area contributed by atoms with Crippen molar-refractivity contribution in [2.45, 2.75) is 44.9 Å². The molecule has 64 valence electrons. The molecule has 0 heterocycles. The van der Waals surface area contributed by atoms with Crippen LogP contribution in [0, 0.1) is 0 Å². The third-order valence-electron chi connectivity index (χ3n) is 2.38. The van der Waals surface area contributed by atoms with E-state index in [4.69, 9.17) is 5.73 Å². The topological polar surface area (TPSA) is 53.7 Å². The molecule has 0 radical (unpaired) electrons. The summed E-state index contributed by atoms with van der Waals surface area (Å²) in [7, 11) is 0. The Morgan fingerprint density at radius 3 is 2.18 bits per heavy atom. The van der Waals surface area contributed by atoms with E-state index < -0.39 is 0 Å². The van der Waals surface area contributed by atoms with Gasteiger partial charge < -0.3 is 11.5 Å². The highest BCUT2D eigenvalue weighted by Crippen LogP contribution is 2.15. The molecule has 0 fully saturated rings. The van der Waals surface area contributed by atoms with Crippen LogP contribution in [-0.4, -0.2) is 0 Å². The standard InChI is InChI=1S/C9H18N2/c10-8-6-4-2-1-3-5-7-9(8)11/h1-7,10-11H2/p+1. The van der Waals surface area contributed by atoms with Gasteiger partial charge in [0.05, 0.1) is 5.70 Å². The van der Waals surface area contributed by atoms with Crippen molar-refractivity contribution < 1.29 is 5.73 Å². The summed E-state index contributed by atoms with van der Waals surface area (Å²) in [6.45, 7) is 0. The maximum Gasteiger partial charge on any atom is 0.123 e. The van der Waals surface area contributed by atoms with E-state index in [-0.39, 0.29) is 0 Å². The molecule has 1 aliphatic carbocycles. The summed E-state index contributed by atoms with van der Waals surface area (Å²) in [4.78, 5) is 0. The molecule has 11 heavy (non-hydrogen) atoms. The summed E-state index contributed by atoms with van der Waals surface area (Å²) in [6, 6.07) is 0. The molecule has 0 amide bonds. The second kappa shape index (κ2) is 4.39. The molecule has 5 N–H and O–H groups in total. The van der Waals surface area contributed by atoms with Gasteiger partial charge in [0.25, 0.3) is 0 Å². The maximum absolute atomic E-state index is 5.83. The fourth-order valence-electron chi connectivity index (χ4n) is 1.52. The van der Waals surface area contributed by atoms with Gasteiger partial charge in [-0.15, -0.1) is 0 Å². The van der Waals surface area contributed by atoms with E-state index in [1.54, 1.807) is 0 Å². The van der Waals surface area contributed by atoms with E-state index in [0.29, 0.717) is 0 Å². The predicted molar refractivity (Wildman–Crippen MR) is 46.4 cm³/mol. The lowest BCUT2D eigenvalue weighted by molar-refractivity contribution is -0.308. The Bertz CT molecular complexity index is 134. The lowest BCUT2D eigenvalue weighted by atomic mass is 10.1. The summed E-state index contributed by atoms with van der Waals surface area (Å²) in [5.41, 5.74) is 12.0. The number of rotatable bonds is 0. The maximum atomic E-state index is 5.83. The largest absolute Gasteiger partial charge is 0.398 e. The average Bonchev–Trinajstić information content (AvgIpc) is 2.07. The van der Waals surface area contributed by atoms with Crippen molar-refractivity contribution in [1.29, 1.82) is 0 Å². The minimum atomic E-state index is 1.05. The zero-order valence-electron chi connectivity index (χ0n) is 7.23. The summed E-state index contributed by atoms with van der Waals surface area (Å²) < 4.78 is 0. The first-order valence-corrected chi connectivity index (χ1v) is 4.60. The molecule has 0 atom stereocenters. The number of quaternary nitrogens is 1. The molecule has 0 bridgehead atoms. The van der Waals surface area contributed by atoms with Crippen molar-refractivity contribution >= 4 is 0 Å². The molecule has 0 unspecified atom stereocenters. The summed E-state index contributed by atoms with van der Waals surface area (Å²) in [5, 5.41) is 0. The van der Waals surface area contributed by atoms with Crippen molar-refractivity contribution in [1.82, 2.24) is 0 Å². The van der Waals surface area contributed by atoms with E-state index >= 15 is 0 Å². The Hall–Kier alpha value is -0.500. The Labute approximate surface area is 68.6 Å².